The molecule has 0 bridgehead atoms. The molecule has 4 nitrogen and oxygen atoms in total. The Labute approximate surface area is 124 Å². The molecule has 2 heterocycles. The molecule has 2 N–H and O–H groups in total. The van der Waals surface area contributed by atoms with Gasteiger partial charge in [0.2, 0.25) is 0 Å². The quantitative estimate of drug-likeness (QED) is 0.863. The molecule has 3 atom stereocenters. The molecule has 106 valence electrons. The fourth-order valence-corrected chi connectivity index (χ4v) is 3.86. The predicted molar refractivity (Wildman–Crippen MR) is 79.7 cm³/mol. The topological polar surface area (TPSA) is 65.9 Å². The zero-order chi connectivity index (χ0) is 14.3. The number of hydrogen-bond donors (Lipinski definition) is 1. The van der Waals surface area contributed by atoms with Crippen LogP contribution in [-0.2, 0) is 0 Å². The highest BCUT2D eigenvalue weighted by molar-refractivity contribution is 6.33. The molecular weight excluding hydrogens is 272 g/mol. The fourth-order valence-electron chi connectivity index (χ4n) is 3.59. The van der Waals surface area contributed by atoms with Crippen LogP contribution < -0.4 is 10.6 Å². The second kappa shape index (κ2) is 5.23. The lowest BCUT2D eigenvalue weighted by Crippen LogP contribution is -2.38. The smallest absolute Gasteiger partial charge is 0.147 e. The predicted octanol–water partition coefficient (Wildman–Crippen LogP) is 2.48. The van der Waals surface area contributed by atoms with Gasteiger partial charge in [-0.15, -0.1) is 0 Å². The van der Waals surface area contributed by atoms with Crippen LogP contribution in [0, 0.1) is 30.1 Å². The Bertz CT molecular complexity index is 566. The van der Waals surface area contributed by atoms with E-state index in [9.17, 15) is 0 Å². The summed E-state index contributed by atoms with van der Waals surface area (Å²) in [7, 11) is 0. The molecule has 1 aromatic heterocycles. The van der Waals surface area contributed by atoms with Crippen molar-refractivity contribution in [3.8, 4) is 6.07 Å². The zero-order valence-corrected chi connectivity index (χ0v) is 12.4. The normalized spacial score (nSPS) is 29.1. The number of nitrogens with zero attached hydrogens (tertiary/aromatic N) is 3. The number of halogens is 1. The molecule has 2 aliphatic rings. The van der Waals surface area contributed by atoms with Gasteiger partial charge in [0.25, 0.3) is 0 Å². The van der Waals surface area contributed by atoms with Crippen LogP contribution in [0.25, 0.3) is 0 Å². The molecule has 0 aromatic carbocycles. The Morgan fingerprint density at radius 2 is 2.25 bits per heavy atom. The summed E-state index contributed by atoms with van der Waals surface area (Å²) < 4.78 is 0. The number of nitrogens with two attached hydrogens (primary N) is 1. The van der Waals surface area contributed by atoms with E-state index in [2.05, 4.69) is 16.0 Å². The first kappa shape index (κ1) is 13.7. The molecule has 1 aliphatic heterocycles. The van der Waals surface area contributed by atoms with Gasteiger partial charge >= 0.3 is 0 Å². The van der Waals surface area contributed by atoms with Crippen LogP contribution in [0.15, 0.2) is 6.07 Å². The highest BCUT2D eigenvalue weighted by Gasteiger charge is 2.39. The van der Waals surface area contributed by atoms with Crippen molar-refractivity contribution in [3.63, 3.8) is 0 Å². The van der Waals surface area contributed by atoms with Crippen LogP contribution in [0.1, 0.15) is 30.5 Å². The second-order valence-electron chi connectivity index (χ2n) is 5.96. The summed E-state index contributed by atoms with van der Waals surface area (Å²) in [5.74, 6) is 2.02. The van der Waals surface area contributed by atoms with Crippen molar-refractivity contribution in [3.05, 3.63) is 22.3 Å². The van der Waals surface area contributed by atoms with Gasteiger partial charge in [0, 0.05) is 19.1 Å². The molecule has 1 aromatic rings. The molecule has 20 heavy (non-hydrogen) atoms. The number of nitriles is 1. The molecule has 1 saturated heterocycles. The SMILES string of the molecule is Cc1nc(N2CC3CCCC(N)C3C2)c(Cl)cc1C#N. The van der Waals surface area contributed by atoms with Gasteiger partial charge in [-0.3, -0.25) is 0 Å². The van der Waals surface area contributed by atoms with Crippen LogP contribution in [-0.4, -0.2) is 24.1 Å². The van der Waals surface area contributed by atoms with Gasteiger partial charge < -0.3 is 10.6 Å². The minimum atomic E-state index is 0.303. The minimum absolute atomic E-state index is 0.303. The standard InChI is InChI=1S/C15H19ClN4/c1-9-11(6-17)5-13(16)15(19-9)20-7-10-3-2-4-14(18)12(10)8-20/h5,10,12,14H,2-4,7-8,18H2,1H3. The zero-order valence-electron chi connectivity index (χ0n) is 11.6. The summed E-state index contributed by atoms with van der Waals surface area (Å²) >= 11 is 6.31. The number of hydrogen-bond acceptors (Lipinski definition) is 4. The molecule has 1 aliphatic carbocycles. The monoisotopic (exact) mass is 290 g/mol. The van der Waals surface area contributed by atoms with Crippen molar-refractivity contribution in [1.29, 1.82) is 5.26 Å². The van der Waals surface area contributed by atoms with Gasteiger partial charge in [-0.05, 0) is 37.7 Å². The first-order chi connectivity index (χ1) is 9.60. The second-order valence-corrected chi connectivity index (χ2v) is 6.37. The average Bonchev–Trinajstić information content (AvgIpc) is 2.86. The van der Waals surface area contributed by atoms with Gasteiger partial charge in [-0.2, -0.15) is 5.26 Å². The number of aromatic nitrogens is 1. The number of fused-ring (bicyclic) bond motifs is 1. The van der Waals surface area contributed by atoms with Gasteiger partial charge in [0.05, 0.1) is 16.3 Å². The van der Waals surface area contributed by atoms with Crippen LogP contribution >= 0.6 is 11.6 Å². The van der Waals surface area contributed by atoms with E-state index in [1.54, 1.807) is 6.07 Å². The van der Waals surface area contributed by atoms with E-state index in [0.29, 0.717) is 28.5 Å². The van der Waals surface area contributed by atoms with E-state index in [1.165, 1.54) is 12.8 Å². The van der Waals surface area contributed by atoms with Gasteiger partial charge in [-0.1, -0.05) is 18.0 Å². The molecule has 3 rings (SSSR count). The largest absolute Gasteiger partial charge is 0.355 e. The van der Waals surface area contributed by atoms with E-state index < -0.39 is 0 Å². The number of rotatable bonds is 1. The van der Waals surface area contributed by atoms with E-state index in [0.717, 1.165) is 31.0 Å². The van der Waals surface area contributed by atoms with Crippen molar-refractivity contribution < 1.29 is 0 Å². The molecule has 0 amide bonds. The van der Waals surface area contributed by atoms with Crippen LogP contribution in [0.4, 0.5) is 5.82 Å². The number of aryl methyl sites for hydroxylation is 1. The summed E-state index contributed by atoms with van der Waals surface area (Å²) in [5, 5.41) is 9.59. The van der Waals surface area contributed by atoms with Gasteiger partial charge in [0.15, 0.2) is 0 Å². The first-order valence-corrected chi connectivity index (χ1v) is 7.55. The number of anilines is 1. The molecule has 5 heteroatoms. The number of pyridine rings is 1. The fraction of sp³-hybridized carbons (Fsp3) is 0.600. The summed E-state index contributed by atoms with van der Waals surface area (Å²) in [5.41, 5.74) is 7.54. The van der Waals surface area contributed by atoms with Gasteiger partial charge in [-0.25, -0.2) is 4.98 Å². The summed E-state index contributed by atoms with van der Waals surface area (Å²) in [6, 6.07) is 4.15. The van der Waals surface area contributed by atoms with Crippen LogP contribution in [0.5, 0.6) is 0 Å². The highest BCUT2D eigenvalue weighted by atomic mass is 35.5. The third-order valence-corrected chi connectivity index (χ3v) is 5.00. The highest BCUT2D eigenvalue weighted by Crippen LogP contribution is 2.39. The molecule has 0 radical (unpaired) electrons. The summed E-state index contributed by atoms with van der Waals surface area (Å²) in [4.78, 5) is 6.79. The van der Waals surface area contributed by atoms with E-state index in [1.807, 2.05) is 6.92 Å². The van der Waals surface area contributed by atoms with Crippen molar-refractivity contribution in [1.82, 2.24) is 4.98 Å². The third kappa shape index (κ3) is 2.25. The van der Waals surface area contributed by atoms with Crippen LogP contribution in [0.3, 0.4) is 0 Å². The minimum Gasteiger partial charge on any atom is -0.355 e. The summed E-state index contributed by atoms with van der Waals surface area (Å²) in [6.07, 6.45) is 3.61. The van der Waals surface area contributed by atoms with E-state index in [-0.39, 0.29) is 0 Å². The van der Waals surface area contributed by atoms with Crippen molar-refractivity contribution in [2.75, 3.05) is 18.0 Å². The molecule has 3 unspecified atom stereocenters. The van der Waals surface area contributed by atoms with Crippen molar-refractivity contribution >= 4 is 17.4 Å². The lowest BCUT2D eigenvalue weighted by molar-refractivity contribution is 0.260. The Balaban J connectivity index is 1.88. The molecule has 2 fully saturated rings. The molecular formula is C15H19ClN4. The Kier molecular flexibility index (Phi) is 3.57. The lowest BCUT2D eigenvalue weighted by atomic mass is 9.78. The van der Waals surface area contributed by atoms with E-state index in [4.69, 9.17) is 22.6 Å². The third-order valence-electron chi connectivity index (χ3n) is 4.72. The maximum atomic E-state index is 9.02. The lowest BCUT2D eigenvalue weighted by Gasteiger charge is -2.29. The average molecular weight is 291 g/mol. The van der Waals surface area contributed by atoms with Crippen LogP contribution in [0.2, 0.25) is 5.02 Å². The van der Waals surface area contributed by atoms with Gasteiger partial charge in [0.1, 0.15) is 11.9 Å². The first-order valence-electron chi connectivity index (χ1n) is 7.18. The molecule has 0 spiro atoms. The Morgan fingerprint density at radius 3 is 2.95 bits per heavy atom. The van der Waals surface area contributed by atoms with E-state index >= 15 is 0 Å². The maximum absolute atomic E-state index is 9.02. The maximum Gasteiger partial charge on any atom is 0.147 e. The van der Waals surface area contributed by atoms with Crippen molar-refractivity contribution in [2.24, 2.45) is 17.6 Å². The summed E-state index contributed by atoms with van der Waals surface area (Å²) in [6.45, 7) is 3.77. The Hall–Kier alpha value is -1.31. The Morgan fingerprint density at radius 1 is 1.45 bits per heavy atom. The van der Waals surface area contributed by atoms with Crippen molar-refractivity contribution in [2.45, 2.75) is 32.2 Å². The molecule has 1 saturated carbocycles.